The van der Waals surface area contributed by atoms with Crippen molar-refractivity contribution in [2.24, 2.45) is 0 Å². The van der Waals surface area contributed by atoms with Crippen LogP contribution in [0.5, 0.6) is 0 Å². The molecule has 0 aliphatic heterocycles. The Labute approximate surface area is 164 Å². The fourth-order valence-electron chi connectivity index (χ4n) is 2.94. The van der Waals surface area contributed by atoms with Crippen molar-refractivity contribution in [3.05, 3.63) is 89.8 Å². The molecule has 2 amide bonds. The van der Waals surface area contributed by atoms with Gasteiger partial charge in [0, 0.05) is 28.8 Å². The summed E-state index contributed by atoms with van der Waals surface area (Å²) in [7, 11) is 0. The lowest BCUT2D eigenvalue weighted by molar-refractivity contribution is -0.121. The molecule has 1 heterocycles. The Morgan fingerprint density at radius 2 is 1.54 bits per heavy atom. The fraction of sp³-hybridized carbons (Fsp3) is 0.130. The molecule has 5 heteroatoms. The van der Waals surface area contributed by atoms with E-state index in [9.17, 15) is 9.59 Å². The number of nitrogens with zero attached hydrogens (tertiary/aromatic N) is 1. The summed E-state index contributed by atoms with van der Waals surface area (Å²) in [5, 5.41) is 5.37. The van der Waals surface area contributed by atoms with E-state index in [1.54, 1.807) is 6.08 Å². The second kappa shape index (κ2) is 8.86. The van der Waals surface area contributed by atoms with Gasteiger partial charge in [0.25, 0.3) is 0 Å². The van der Waals surface area contributed by atoms with Gasteiger partial charge in [-0.1, -0.05) is 30.3 Å². The van der Waals surface area contributed by atoms with Gasteiger partial charge < -0.3 is 15.2 Å². The van der Waals surface area contributed by atoms with Crippen molar-refractivity contribution in [2.75, 3.05) is 11.9 Å². The maximum atomic E-state index is 12.1. The molecule has 0 saturated heterocycles. The standard InChI is InChI=1S/C23H23N3O2/c1-17-8-9-18(2)26(17)21-13-11-20(12-14-21)25-23(28)16-24-22(27)15-10-19-6-4-3-5-7-19/h3-15H,16H2,1-2H3,(H,24,27)(H,25,28)/b15-10+. The number of aromatic nitrogens is 1. The van der Waals surface area contributed by atoms with Gasteiger partial charge in [-0.05, 0) is 61.9 Å². The first kappa shape index (κ1) is 19.2. The molecule has 2 aromatic carbocycles. The number of carbonyl (C=O) groups excluding carboxylic acids is 2. The smallest absolute Gasteiger partial charge is 0.244 e. The molecule has 0 bridgehead atoms. The number of amides is 2. The van der Waals surface area contributed by atoms with Crippen LogP contribution in [-0.4, -0.2) is 22.9 Å². The third-order valence-electron chi connectivity index (χ3n) is 4.33. The fourth-order valence-corrected chi connectivity index (χ4v) is 2.94. The van der Waals surface area contributed by atoms with Crippen LogP contribution in [-0.2, 0) is 9.59 Å². The molecule has 0 saturated carbocycles. The van der Waals surface area contributed by atoms with E-state index in [0.29, 0.717) is 5.69 Å². The Morgan fingerprint density at radius 3 is 2.18 bits per heavy atom. The van der Waals surface area contributed by atoms with Gasteiger partial charge in [0.1, 0.15) is 0 Å². The highest BCUT2D eigenvalue weighted by Gasteiger charge is 2.06. The van der Waals surface area contributed by atoms with Gasteiger partial charge in [0.05, 0.1) is 6.54 Å². The van der Waals surface area contributed by atoms with E-state index in [4.69, 9.17) is 0 Å². The minimum Gasteiger partial charge on any atom is -0.343 e. The topological polar surface area (TPSA) is 63.1 Å². The van der Waals surface area contributed by atoms with Gasteiger partial charge in [-0.15, -0.1) is 0 Å². The molecule has 142 valence electrons. The van der Waals surface area contributed by atoms with Gasteiger partial charge in [-0.25, -0.2) is 0 Å². The SMILES string of the molecule is Cc1ccc(C)n1-c1ccc(NC(=O)CNC(=O)/C=C/c2ccccc2)cc1. The van der Waals surface area contributed by atoms with Crippen LogP contribution in [0.3, 0.4) is 0 Å². The van der Waals surface area contributed by atoms with E-state index < -0.39 is 0 Å². The maximum absolute atomic E-state index is 12.1. The highest BCUT2D eigenvalue weighted by atomic mass is 16.2. The van der Waals surface area contributed by atoms with Crippen molar-refractivity contribution in [2.45, 2.75) is 13.8 Å². The molecule has 5 nitrogen and oxygen atoms in total. The lowest BCUT2D eigenvalue weighted by Crippen LogP contribution is -2.31. The Bertz CT molecular complexity index is 967. The van der Waals surface area contributed by atoms with Crippen molar-refractivity contribution in [3.63, 3.8) is 0 Å². The summed E-state index contributed by atoms with van der Waals surface area (Å²) in [5.74, 6) is -0.588. The number of hydrogen-bond donors (Lipinski definition) is 2. The van der Waals surface area contributed by atoms with Crippen molar-refractivity contribution < 1.29 is 9.59 Å². The van der Waals surface area contributed by atoms with Crippen LogP contribution in [0.1, 0.15) is 17.0 Å². The van der Waals surface area contributed by atoms with Crippen LogP contribution in [0, 0.1) is 13.8 Å². The molecule has 28 heavy (non-hydrogen) atoms. The molecule has 0 spiro atoms. The quantitative estimate of drug-likeness (QED) is 0.645. The number of rotatable bonds is 6. The van der Waals surface area contributed by atoms with E-state index in [0.717, 1.165) is 22.6 Å². The highest BCUT2D eigenvalue weighted by Crippen LogP contribution is 2.18. The highest BCUT2D eigenvalue weighted by molar-refractivity contribution is 5.98. The average molecular weight is 373 g/mol. The van der Waals surface area contributed by atoms with Crippen molar-refractivity contribution >= 4 is 23.6 Å². The number of nitrogens with one attached hydrogen (secondary N) is 2. The summed E-state index contributed by atoms with van der Waals surface area (Å²) in [6, 6.07) is 21.3. The Hall–Kier alpha value is -3.60. The molecule has 0 radical (unpaired) electrons. The van der Waals surface area contributed by atoms with Crippen LogP contribution in [0.15, 0.2) is 72.8 Å². The summed E-state index contributed by atoms with van der Waals surface area (Å²) in [4.78, 5) is 23.9. The van der Waals surface area contributed by atoms with Gasteiger partial charge in [-0.3, -0.25) is 9.59 Å². The van der Waals surface area contributed by atoms with E-state index in [-0.39, 0.29) is 18.4 Å². The van der Waals surface area contributed by atoms with Gasteiger partial charge in [0.15, 0.2) is 0 Å². The molecule has 0 atom stereocenters. The second-order valence-corrected chi connectivity index (χ2v) is 6.51. The average Bonchev–Trinajstić information content (AvgIpc) is 3.04. The normalized spacial score (nSPS) is 10.8. The lowest BCUT2D eigenvalue weighted by atomic mass is 10.2. The first-order chi connectivity index (χ1) is 13.5. The van der Waals surface area contributed by atoms with Gasteiger partial charge in [-0.2, -0.15) is 0 Å². The summed E-state index contributed by atoms with van der Waals surface area (Å²) in [5.41, 5.74) is 4.96. The summed E-state index contributed by atoms with van der Waals surface area (Å²) in [6.07, 6.45) is 3.12. The van der Waals surface area contributed by atoms with E-state index >= 15 is 0 Å². The van der Waals surface area contributed by atoms with E-state index in [1.807, 2.05) is 54.6 Å². The molecule has 0 aliphatic carbocycles. The van der Waals surface area contributed by atoms with Crippen LogP contribution < -0.4 is 10.6 Å². The van der Waals surface area contributed by atoms with Gasteiger partial charge in [0.2, 0.25) is 11.8 Å². The molecule has 0 fully saturated rings. The molecule has 2 N–H and O–H groups in total. The number of benzene rings is 2. The van der Waals surface area contributed by atoms with Crippen molar-refractivity contribution in [1.82, 2.24) is 9.88 Å². The predicted molar refractivity (Wildman–Crippen MR) is 112 cm³/mol. The Morgan fingerprint density at radius 1 is 0.893 bits per heavy atom. The Kier molecular flexibility index (Phi) is 6.07. The predicted octanol–water partition coefficient (Wildman–Crippen LogP) is 3.86. The summed E-state index contributed by atoms with van der Waals surface area (Å²) < 4.78 is 2.14. The minimum atomic E-state index is -0.312. The van der Waals surface area contributed by atoms with Crippen LogP contribution in [0.4, 0.5) is 5.69 Å². The van der Waals surface area contributed by atoms with E-state index in [2.05, 4.69) is 41.2 Å². The molecule has 3 aromatic rings. The molecule has 3 rings (SSSR count). The first-order valence-electron chi connectivity index (χ1n) is 9.09. The van der Waals surface area contributed by atoms with E-state index in [1.165, 1.54) is 6.08 Å². The number of hydrogen-bond acceptors (Lipinski definition) is 2. The molecule has 1 aromatic heterocycles. The second-order valence-electron chi connectivity index (χ2n) is 6.51. The number of anilines is 1. The lowest BCUT2D eigenvalue weighted by Gasteiger charge is -2.11. The zero-order chi connectivity index (χ0) is 19.9. The molecular formula is C23H23N3O2. The zero-order valence-corrected chi connectivity index (χ0v) is 16.0. The summed E-state index contributed by atoms with van der Waals surface area (Å²) in [6.45, 7) is 4.02. The molecular weight excluding hydrogens is 350 g/mol. The van der Waals surface area contributed by atoms with Gasteiger partial charge >= 0.3 is 0 Å². The minimum absolute atomic E-state index is 0.0878. The maximum Gasteiger partial charge on any atom is 0.244 e. The Balaban J connectivity index is 1.51. The molecule has 0 unspecified atom stereocenters. The monoisotopic (exact) mass is 373 g/mol. The third-order valence-corrected chi connectivity index (χ3v) is 4.33. The van der Waals surface area contributed by atoms with Crippen molar-refractivity contribution in [1.29, 1.82) is 0 Å². The summed E-state index contributed by atoms with van der Waals surface area (Å²) >= 11 is 0. The largest absolute Gasteiger partial charge is 0.343 e. The van der Waals surface area contributed by atoms with Crippen LogP contribution >= 0.6 is 0 Å². The van der Waals surface area contributed by atoms with Crippen molar-refractivity contribution in [3.8, 4) is 5.69 Å². The van der Waals surface area contributed by atoms with Crippen LogP contribution in [0.2, 0.25) is 0 Å². The first-order valence-corrected chi connectivity index (χ1v) is 9.09. The molecule has 0 aliphatic rings. The third kappa shape index (κ3) is 4.98. The number of carbonyl (C=O) groups is 2. The van der Waals surface area contributed by atoms with Crippen LogP contribution in [0.25, 0.3) is 11.8 Å². The zero-order valence-electron chi connectivity index (χ0n) is 16.0. The number of aryl methyl sites for hydroxylation is 2.